The SMILES string of the molecule is CC(=O)N(CC(=O)NC1CCCCCC1)Cc1ccc2c(c1)OCO2. The van der Waals surface area contributed by atoms with Gasteiger partial charge in [-0.05, 0) is 30.5 Å². The van der Waals surface area contributed by atoms with Crippen molar-refractivity contribution in [3.8, 4) is 11.5 Å². The van der Waals surface area contributed by atoms with E-state index in [1.807, 2.05) is 18.2 Å². The van der Waals surface area contributed by atoms with Crippen LogP contribution in [0.2, 0.25) is 0 Å². The molecule has 1 aliphatic carbocycles. The van der Waals surface area contributed by atoms with Crippen molar-refractivity contribution in [1.82, 2.24) is 10.2 Å². The van der Waals surface area contributed by atoms with Gasteiger partial charge in [0, 0.05) is 19.5 Å². The van der Waals surface area contributed by atoms with Crippen LogP contribution in [0.4, 0.5) is 0 Å². The predicted molar refractivity (Wildman–Crippen MR) is 93.3 cm³/mol. The third-order valence-electron chi connectivity index (χ3n) is 4.81. The minimum atomic E-state index is -0.117. The number of benzene rings is 1. The van der Waals surface area contributed by atoms with E-state index in [4.69, 9.17) is 9.47 Å². The average Bonchev–Trinajstić information content (AvgIpc) is 2.90. The highest BCUT2D eigenvalue weighted by Crippen LogP contribution is 2.32. The summed E-state index contributed by atoms with van der Waals surface area (Å²) in [6, 6.07) is 5.84. The first-order chi connectivity index (χ1) is 12.1. The molecule has 3 rings (SSSR count). The molecular formula is C19H26N2O4. The van der Waals surface area contributed by atoms with Crippen LogP contribution in [-0.2, 0) is 16.1 Å². The Morgan fingerprint density at radius 1 is 1.12 bits per heavy atom. The Morgan fingerprint density at radius 2 is 1.84 bits per heavy atom. The zero-order chi connectivity index (χ0) is 17.6. The van der Waals surface area contributed by atoms with E-state index in [1.165, 1.54) is 32.6 Å². The summed E-state index contributed by atoms with van der Waals surface area (Å²) in [4.78, 5) is 25.9. The van der Waals surface area contributed by atoms with E-state index in [9.17, 15) is 9.59 Å². The molecule has 1 saturated carbocycles. The van der Waals surface area contributed by atoms with Gasteiger partial charge in [-0.25, -0.2) is 0 Å². The van der Waals surface area contributed by atoms with Crippen molar-refractivity contribution in [2.75, 3.05) is 13.3 Å². The Bertz CT molecular complexity index is 624. The van der Waals surface area contributed by atoms with E-state index >= 15 is 0 Å². The summed E-state index contributed by atoms with van der Waals surface area (Å²) in [6.45, 7) is 2.18. The molecule has 6 heteroatoms. The molecule has 2 aliphatic rings. The largest absolute Gasteiger partial charge is 0.454 e. The predicted octanol–water partition coefficient (Wildman–Crippen LogP) is 2.60. The molecule has 2 amide bonds. The zero-order valence-corrected chi connectivity index (χ0v) is 14.8. The van der Waals surface area contributed by atoms with Gasteiger partial charge in [0.1, 0.15) is 0 Å². The van der Waals surface area contributed by atoms with Crippen LogP contribution in [0.3, 0.4) is 0 Å². The van der Waals surface area contributed by atoms with Crippen LogP contribution in [0.15, 0.2) is 18.2 Å². The summed E-state index contributed by atoms with van der Waals surface area (Å²) in [5.41, 5.74) is 0.918. The summed E-state index contributed by atoms with van der Waals surface area (Å²) in [5, 5.41) is 3.09. The average molecular weight is 346 g/mol. The van der Waals surface area contributed by atoms with Gasteiger partial charge in [0.05, 0.1) is 6.54 Å². The van der Waals surface area contributed by atoms with Crippen molar-refractivity contribution < 1.29 is 19.1 Å². The maximum absolute atomic E-state index is 12.4. The fraction of sp³-hybridized carbons (Fsp3) is 0.579. The van der Waals surface area contributed by atoms with Crippen molar-refractivity contribution >= 4 is 11.8 Å². The van der Waals surface area contributed by atoms with Gasteiger partial charge >= 0.3 is 0 Å². The van der Waals surface area contributed by atoms with Gasteiger partial charge in [-0.1, -0.05) is 31.7 Å². The van der Waals surface area contributed by atoms with Gasteiger partial charge in [0.2, 0.25) is 18.6 Å². The summed E-state index contributed by atoms with van der Waals surface area (Å²) in [5.74, 6) is 1.20. The van der Waals surface area contributed by atoms with E-state index in [0.717, 1.165) is 18.4 Å². The molecule has 1 heterocycles. The van der Waals surface area contributed by atoms with Crippen LogP contribution < -0.4 is 14.8 Å². The zero-order valence-electron chi connectivity index (χ0n) is 14.8. The lowest BCUT2D eigenvalue weighted by Gasteiger charge is -2.23. The number of ether oxygens (including phenoxy) is 2. The first kappa shape index (κ1) is 17.6. The molecule has 1 N–H and O–H groups in total. The van der Waals surface area contributed by atoms with Crippen LogP contribution in [0.5, 0.6) is 11.5 Å². The molecule has 0 atom stereocenters. The van der Waals surface area contributed by atoms with Crippen molar-refractivity contribution in [3.05, 3.63) is 23.8 Å². The molecule has 1 aliphatic heterocycles. The van der Waals surface area contributed by atoms with Crippen LogP contribution in [0, 0.1) is 0 Å². The Morgan fingerprint density at radius 3 is 2.56 bits per heavy atom. The molecule has 6 nitrogen and oxygen atoms in total. The number of carbonyl (C=O) groups is 2. The van der Waals surface area contributed by atoms with Crippen LogP contribution in [0.25, 0.3) is 0 Å². The van der Waals surface area contributed by atoms with Gasteiger partial charge in [-0.3, -0.25) is 9.59 Å². The normalized spacial score (nSPS) is 17.0. The van der Waals surface area contributed by atoms with Crippen molar-refractivity contribution in [2.45, 2.75) is 58.0 Å². The number of fused-ring (bicyclic) bond motifs is 1. The summed E-state index contributed by atoms with van der Waals surface area (Å²) in [6.07, 6.45) is 6.89. The molecule has 0 aromatic heterocycles. The highest BCUT2D eigenvalue weighted by Gasteiger charge is 2.20. The number of hydrogen-bond donors (Lipinski definition) is 1. The number of amides is 2. The Hall–Kier alpha value is -2.24. The highest BCUT2D eigenvalue weighted by atomic mass is 16.7. The Kier molecular flexibility index (Phi) is 5.79. The van der Waals surface area contributed by atoms with Crippen molar-refractivity contribution in [1.29, 1.82) is 0 Å². The standard InChI is InChI=1S/C19H26N2O4/c1-14(22)21(11-15-8-9-17-18(10-15)25-13-24-17)12-19(23)20-16-6-4-2-3-5-7-16/h8-10,16H,2-7,11-13H2,1H3,(H,20,23). The lowest BCUT2D eigenvalue weighted by Crippen LogP contribution is -2.43. The number of rotatable bonds is 5. The molecule has 0 spiro atoms. The molecule has 0 saturated heterocycles. The minimum Gasteiger partial charge on any atom is -0.454 e. The van der Waals surface area contributed by atoms with E-state index in [2.05, 4.69) is 5.32 Å². The van der Waals surface area contributed by atoms with Gasteiger partial charge < -0.3 is 19.7 Å². The van der Waals surface area contributed by atoms with Crippen molar-refractivity contribution in [2.24, 2.45) is 0 Å². The molecule has 0 unspecified atom stereocenters. The maximum atomic E-state index is 12.4. The second-order valence-corrected chi connectivity index (χ2v) is 6.82. The topological polar surface area (TPSA) is 67.9 Å². The van der Waals surface area contributed by atoms with Crippen LogP contribution in [0.1, 0.15) is 51.0 Å². The molecule has 0 bridgehead atoms. The molecule has 136 valence electrons. The van der Waals surface area contributed by atoms with Crippen LogP contribution >= 0.6 is 0 Å². The second-order valence-electron chi connectivity index (χ2n) is 6.82. The van der Waals surface area contributed by atoms with Gasteiger partial charge in [0.25, 0.3) is 0 Å². The quantitative estimate of drug-likeness (QED) is 0.832. The van der Waals surface area contributed by atoms with Crippen LogP contribution in [-0.4, -0.2) is 36.1 Å². The molecule has 1 fully saturated rings. The van der Waals surface area contributed by atoms with Crippen molar-refractivity contribution in [3.63, 3.8) is 0 Å². The minimum absolute atomic E-state index is 0.0807. The molecule has 1 aromatic rings. The maximum Gasteiger partial charge on any atom is 0.239 e. The fourth-order valence-electron chi connectivity index (χ4n) is 3.41. The first-order valence-corrected chi connectivity index (χ1v) is 9.05. The first-order valence-electron chi connectivity index (χ1n) is 9.05. The Labute approximate surface area is 148 Å². The summed E-state index contributed by atoms with van der Waals surface area (Å²) >= 11 is 0. The third-order valence-corrected chi connectivity index (χ3v) is 4.81. The smallest absolute Gasteiger partial charge is 0.239 e. The molecule has 0 radical (unpaired) electrons. The van der Waals surface area contributed by atoms with E-state index in [-0.39, 0.29) is 31.2 Å². The lowest BCUT2D eigenvalue weighted by molar-refractivity contribution is -0.135. The van der Waals surface area contributed by atoms with Gasteiger partial charge in [-0.2, -0.15) is 0 Å². The third kappa shape index (κ3) is 4.87. The van der Waals surface area contributed by atoms with E-state index in [1.54, 1.807) is 4.90 Å². The fourth-order valence-corrected chi connectivity index (χ4v) is 3.41. The summed E-state index contributed by atoms with van der Waals surface area (Å²) < 4.78 is 10.7. The molecule has 1 aromatic carbocycles. The number of nitrogens with zero attached hydrogens (tertiary/aromatic N) is 1. The second kappa shape index (κ2) is 8.23. The van der Waals surface area contributed by atoms with E-state index < -0.39 is 0 Å². The van der Waals surface area contributed by atoms with E-state index in [0.29, 0.717) is 18.0 Å². The molecular weight excluding hydrogens is 320 g/mol. The number of hydrogen-bond acceptors (Lipinski definition) is 4. The lowest BCUT2D eigenvalue weighted by atomic mass is 10.1. The van der Waals surface area contributed by atoms with Gasteiger partial charge in [0.15, 0.2) is 11.5 Å². The summed E-state index contributed by atoms with van der Waals surface area (Å²) in [7, 11) is 0. The molecule has 25 heavy (non-hydrogen) atoms. The number of carbonyl (C=O) groups excluding carboxylic acids is 2. The number of nitrogens with one attached hydrogen (secondary N) is 1. The highest BCUT2D eigenvalue weighted by molar-refractivity contribution is 5.83. The van der Waals surface area contributed by atoms with Gasteiger partial charge in [-0.15, -0.1) is 0 Å². The Balaban J connectivity index is 1.57. The monoisotopic (exact) mass is 346 g/mol.